The van der Waals surface area contributed by atoms with Crippen LogP contribution in [-0.2, 0) is 6.54 Å². The maximum atomic E-state index is 12.9. The Morgan fingerprint density at radius 2 is 2.13 bits per heavy atom. The summed E-state index contributed by atoms with van der Waals surface area (Å²) < 4.78 is 12.9. The summed E-state index contributed by atoms with van der Waals surface area (Å²) in [5, 5.41) is 0.135. The predicted octanol–water partition coefficient (Wildman–Crippen LogP) is 3.19. The second-order valence-electron chi connectivity index (χ2n) is 4.05. The lowest BCUT2D eigenvalue weighted by Gasteiger charge is -2.19. The topological polar surface area (TPSA) is 3.24 Å². The molecule has 84 valence electrons. The molecule has 0 heterocycles. The fourth-order valence-corrected chi connectivity index (χ4v) is 1.86. The first-order chi connectivity index (χ1) is 6.99. The molecule has 0 spiro atoms. The summed E-state index contributed by atoms with van der Waals surface area (Å²) >= 11 is 5.90. The highest BCUT2D eigenvalue weighted by atomic mass is 35.5. The van der Waals surface area contributed by atoms with Crippen molar-refractivity contribution in [2.75, 3.05) is 13.6 Å². The third kappa shape index (κ3) is 4.18. The van der Waals surface area contributed by atoms with Crippen LogP contribution in [0.1, 0.15) is 18.1 Å². The van der Waals surface area contributed by atoms with Crippen LogP contribution in [0, 0.1) is 12.7 Å². The van der Waals surface area contributed by atoms with Crippen molar-refractivity contribution < 1.29 is 4.39 Å². The van der Waals surface area contributed by atoms with E-state index >= 15 is 0 Å². The highest BCUT2D eigenvalue weighted by molar-refractivity contribution is 6.20. The number of hydrogen-bond donors (Lipinski definition) is 0. The molecule has 0 aromatic heterocycles. The van der Waals surface area contributed by atoms with E-state index in [2.05, 4.69) is 4.90 Å². The van der Waals surface area contributed by atoms with Gasteiger partial charge < -0.3 is 4.90 Å². The Morgan fingerprint density at radius 3 is 2.67 bits per heavy atom. The highest BCUT2D eigenvalue weighted by Crippen LogP contribution is 2.12. The van der Waals surface area contributed by atoms with Gasteiger partial charge in [0.2, 0.25) is 0 Å². The number of rotatable bonds is 4. The molecule has 1 rings (SSSR count). The molecule has 0 aliphatic rings. The van der Waals surface area contributed by atoms with Gasteiger partial charge in [0.1, 0.15) is 5.82 Å². The molecular weight excluding hydrogens is 213 g/mol. The van der Waals surface area contributed by atoms with E-state index in [4.69, 9.17) is 11.6 Å². The van der Waals surface area contributed by atoms with Gasteiger partial charge in [0.15, 0.2) is 0 Å². The van der Waals surface area contributed by atoms with Gasteiger partial charge in [0.25, 0.3) is 0 Å². The molecular formula is C12H17ClFN. The number of hydrogen-bond acceptors (Lipinski definition) is 1. The largest absolute Gasteiger partial charge is 0.301 e. The molecule has 1 unspecified atom stereocenters. The third-order valence-electron chi connectivity index (χ3n) is 2.31. The Labute approximate surface area is 95.8 Å². The molecule has 0 N–H and O–H groups in total. The zero-order valence-corrected chi connectivity index (χ0v) is 10.2. The maximum Gasteiger partial charge on any atom is 0.123 e. The first kappa shape index (κ1) is 12.5. The summed E-state index contributed by atoms with van der Waals surface area (Å²) in [6, 6.07) is 4.90. The minimum atomic E-state index is -0.176. The summed E-state index contributed by atoms with van der Waals surface area (Å²) in [5.41, 5.74) is 2.14. The molecule has 0 amide bonds. The maximum absolute atomic E-state index is 12.9. The van der Waals surface area contributed by atoms with E-state index in [1.807, 2.05) is 27.0 Å². The van der Waals surface area contributed by atoms with Gasteiger partial charge in [-0.3, -0.25) is 0 Å². The number of nitrogens with zero attached hydrogens (tertiary/aromatic N) is 1. The first-order valence-electron chi connectivity index (χ1n) is 5.06. The highest BCUT2D eigenvalue weighted by Gasteiger charge is 2.06. The molecule has 0 aliphatic carbocycles. The van der Waals surface area contributed by atoms with Gasteiger partial charge in [-0.1, -0.05) is 6.07 Å². The molecule has 1 atom stereocenters. The van der Waals surface area contributed by atoms with Crippen LogP contribution in [0.25, 0.3) is 0 Å². The molecule has 0 aliphatic heterocycles. The standard InChI is InChI=1S/C12H17ClFN/c1-9-6-12(14)5-4-11(9)8-15(3)7-10(2)13/h4-6,10H,7-8H2,1-3H3. The zero-order chi connectivity index (χ0) is 11.4. The molecule has 15 heavy (non-hydrogen) atoms. The van der Waals surface area contributed by atoms with Crippen LogP contribution in [0.5, 0.6) is 0 Å². The monoisotopic (exact) mass is 229 g/mol. The summed E-state index contributed by atoms with van der Waals surface area (Å²) in [4.78, 5) is 2.14. The number of halogens is 2. The lowest BCUT2D eigenvalue weighted by Crippen LogP contribution is -2.24. The van der Waals surface area contributed by atoms with Gasteiger partial charge in [-0.25, -0.2) is 4.39 Å². The van der Waals surface area contributed by atoms with E-state index in [-0.39, 0.29) is 11.2 Å². The number of benzene rings is 1. The Morgan fingerprint density at radius 1 is 1.47 bits per heavy atom. The minimum absolute atomic E-state index is 0.135. The molecule has 0 radical (unpaired) electrons. The normalized spacial score (nSPS) is 13.2. The van der Waals surface area contributed by atoms with Gasteiger partial charge in [0.05, 0.1) is 0 Å². The second-order valence-corrected chi connectivity index (χ2v) is 4.79. The molecule has 0 saturated heterocycles. The predicted molar refractivity (Wildman–Crippen MR) is 62.8 cm³/mol. The van der Waals surface area contributed by atoms with Gasteiger partial charge >= 0.3 is 0 Å². The van der Waals surface area contributed by atoms with Crippen molar-refractivity contribution in [1.29, 1.82) is 0 Å². The smallest absolute Gasteiger partial charge is 0.123 e. The van der Waals surface area contributed by atoms with Crippen molar-refractivity contribution in [2.45, 2.75) is 25.8 Å². The van der Waals surface area contributed by atoms with Gasteiger partial charge in [-0.05, 0) is 44.2 Å². The summed E-state index contributed by atoms with van der Waals surface area (Å²) in [5.74, 6) is -0.176. The molecule has 1 aromatic carbocycles. The van der Waals surface area contributed by atoms with E-state index in [1.165, 1.54) is 6.07 Å². The second kappa shape index (κ2) is 5.47. The van der Waals surface area contributed by atoms with Crippen molar-refractivity contribution >= 4 is 11.6 Å². The number of aryl methyl sites for hydroxylation is 1. The van der Waals surface area contributed by atoms with E-state index in [0.29, 0.717) is 0 Å². The van der Waals surface area contributed by atoms with Crippen LogP contribution in [0.15, 0.2) is 18.2 Å². The van der Waals surface area contributed by atoms with Crippen LogP contribution in [0.3, 0.4) is 0 Å². The lowest BCUT2D eigenvalue weighted by molar-refractivity contribution is 0.329. The third-order valence-corrected chi connectivity index (χ3v) is 2.45. The van der Waals surface area contributed by atoms with Crippen LogP contribution in [-0.4, -0.2) is 23.9 Å². The van der Waals surface area contributed by atoms with Gasteiger partial charge in [-0.15, -0.1) is 11.6 Å². The SMILES string of the molecule is Cc1cc(F)ccc1CN(C)CC(C)Cl. The Balaban J connectivity index is 2.64. The molecule has 1 aromatic rings. The summed E-state index contributed by atoms with van der Waals surface area (Å²) in [6.45, 7) is 5.54. The molecule has 0 fully saturated rings. The Kier molecular flexibility index (Phi) is 4.55. The minimum Gasteiger partial charge on any atom is -0.301 e. The average molecular weight is 230 g/mol. The molecule has 0 saturated carbocycles. The van der Waals surface area contributed by atoms with Gasteiger partial charge in [-0.2, -0.15) is 0 Å². The summed E-state index contributed by atoms with van der Waals surface area (Å²) in [6.07, 6.45) is 0. The molecule has 3 heteroatoms. The molecule has 0 bridgehead atoms. The lowest BCUT2D eigenvalue weighted by atomic mass is 10.1. The molecule has 1 nitrogen and oxygen atoms in total. The average Bonchev–Trinajstić information content (AvgIpc) is 2.08. The van der Waals surface area contributed by atoms with Crippen LogP contribution < -0.4 is 0 Å². The quantitative estimate of drug-likeness (QED) is 0.717. The van der Waals surface area contributed by atoms with E-state index < -0.39 is 0 Å². The fraction of sp³-hybridized carbons (Fsp3) is 0.500. The van der Waals surface area contributed by atoms with Crippen molar-refractivity contribution in [3.8, 4) is 0 Å². The van der Waals surface area contributed by atoms with E-state index in [1.54, 1.807) is 6.07 Å². The number of alkyl halides is 1. The van der Waals surface area contributed by atoms with Crippen molar-refractivity contribution in [3.63, 3.8) is 0 Å². The van der Waals surface area contributed by atoms with E-state index in [9.17, 15) is 4.39 Å². The van der Waals surface area contributed by atoms with Crippen molar-refractivity contribution in [2.24, 2.45) is 0 Å². The Bertz CT molecular complexity index is 325. The summed E-state index contributed by atoms with van der Waals surface area (Å²) in [7, 11) is 2.02. The fourth-order valence-electron chi connectivity index (χ4n) is 1.62. The zero-order valence-electron chi connectivity index (χ0n) is 9.43. The first-order valence-corrected chi connectivity index (χ1v) is 5.50. The van der Waals surface area contributed by atoms with Crippen molar-refractivity contribution in [3.05, 3.63) is 35.1 Å². The Hall–Kier alpha value is -0.600. The van der Waals surface area contributed by atoms with E-state index in [0.717, 1.165) is 24.2 Å². The van der Waals surface area contributed by atoms with Crippen LogP contribution >= 0.6 is 11.6 Å². The van der Waals surface area contributed by atoms with Crippen LogP contribution in [0.2, 0.25) is 0 Å². The van der Waals surface area contributed by atoms with Crippen molar-refractivity contribution in [1.82, 2.24) is 4.90 Å². The van der Waals surface area contributed by atoms with Gasteiger partial charge in [0, 0.05) is 18.5 Å². The van der Waals surface area contributed by atoms with Crippen LogP contribution in [0.4, 0.5) is 4.39 Å².